The predicted molar refractivity (Wildman–Crippen MR) is 141 cm³/mol. The number of fused-ring (bicyclic) bond motifs is 1. The first-order valence-electron chi connectivity index (χ1n) is 12.1. The topological polar surface area (TPSA) is 55.9 Å². The lowest BCUT2D eigenvalue weighted by Gasteiger charge is -2.37. The predicted octanol–water partition coefficient (Wildman–Crippen LogP) is 5.25. The molecule has 1 saturated heterocycles. The highest BCUT2D eigenvalue weighted by molar-refractivity contribution is 7.10. The van der Waals surface area contributed by atoms with Crippen molar-refractivity contribution < 1.29 is 14.0 Å². The van der Waals surface area contributed by atoms with E-state index in [0.717, 1.165) is 24.1 Å². The van der Waals surface area contributed by atoms with Crippen molar-refractivity contribution >= 4 is 40.6 Å². The molecule has 6 nitrogen and oxygen atoms in total. The van der Waals surface area contributed by atoms with Crippen molar-refractivity contribution in [3.05, 3.63) is 86.8 Å². The van der Waals surface area contributed by atoms with Crippen LogP contribution >= 0.6 is 22.9 Å². The van der Waals surface area contributed by atoms with E-state index in [1.165, 1.54) is 10.9 Å². The molecule has 0 bridgehead atoms. The van der Waals surface area contributed by atoms with Crippen LogP contribution in [-0.4, -0.2) is 65.9 Å². The third kappa shape index (κ3) is 5.56. The number of carbonyl (C=O) groups is 2. The minimum absolute atomic E-state index is 0.0344. The van der Waals surface area contributed by atoms with Gasteiger partial charge >= 0.3 is 6.03 Å². The number of nitrogens with zero attached hydrogens (tertiary/aromatic N) is 3. The minimum Gasteiger partial charge on any atom is -0.340 e. The molecule has 2 aliphatic rings. The van der Waals surface area contributed by atoms with Crippen LogP contribution in [0.2, 0.25) is 5.02 Å². The van der Waals surface area contributed by atoms with Crippen molar-refractivity contribution in [1.82, 2.24) is 14.7 Å². The number of carbonyl (C=O) groups excluding carboxylic acids is 2. The van der Waals surface area contributed by atoms with Gasteiger partial charge in [0, 0.05) is 48.3 Å². The number of nitrogens with one attached hydrogen (secondary N) is 1. The summed E-state index contributed by atoms with van der Waals surface area (Å²) in [7, 11) is 0. The number of hydrogen-bond donors (Lipinski definition) is 1. The summed E-state index contributed by atoms with van der Waals surface area (Å²) in [4.78, 5) is 33.2. The fourth-order valence-electron chi connectivity index (χ4n) is 5.02. The largest absolute Gasteiger partial charge is 0.340 e. The molecule has 3 heterocycles. The molecule has 5 rings (SSSR count). The molecule has 1 fully saturated rings. The van der Waals surface area contributed by atoms with E-state index < -0.39 is 0 Å². The van der Waals surface area contributed by atoms with Crippen molar-refractivity contribution in [2.45, 2.75) is 18.9 Å². The van der Waals surface area contributed by atoms with E-state index in [-0.39, 0.29) is 30.3 Å². The molecule has 0 saturated carbocycles. The summed E-state index contributed by atoms with van der Waals surface area (Å²) in [6, 6.07) is 15.5. The first kappa shape index (κ1) is 24.7. The summed E-state index contributed by atoms with van der Waals surface area (Å²) in [5.74, 6) is -0.239. The number of benzene rings is 2. The van der Waals surface area contributed by atoms with Crippen LogP contribution in [0.4, 0.5) is 14.9 Å². The third-order valence-corrected chi connectivity index (χ3v) is 8.01. The van der Waals surface area contributed by atoms with E-state index in [0.29, 0.717) is 43.3 Å². The number of rotatable bonds is 4. The maximum atomic E-state index is 14.1. The molecule has 188 valence electrons. The maximum absolute atomic E-state index is 14.1. The second-order valence-electron chi connectivity index (χ2n) is 9.14. The first-order chi connectivity index (χ1) is 17.5. The van der Waals surface area contributed by atoms with Gasteiger partial charge in [-0.15, -0.1) is 11.3 Å². The lowest BCUT2D eigenvalue weighted by atomic mass is 9.93. The molecule has 2 aliphatic heterocycles. The molecule has 9 heteroatoms. The highest BCUT2D eigenvalue weighted by Crippen LogP contribution is 2.37. The number of hydrogen-bond acceptors (Lipinski definition) is 4. The van der Waals surface area contributed by atoms with E-state index >= 15 is 0 Å². The first-order valence-corrected chi connectivity index (χ1v) is 13.4. The van der Waals surface area contributed by atoms with Gasteiger partial charge in [-0.25, -0.2) is 9.18 Å². The monoisotopic (exact) mass is 526 g/mol. The lowest BCUT2D eigenvalue weighted by Crippen LogP contribution is -2.45. The molecule has 0 aliphatic carbocycles. The van der Waals surface area contributed by atoms with Crippen LogP contribution in [-0.2, 0) is 11.2 Å². The zero-order chi connectivity index (χ0) is 25.1. The van der Waals surface area contributed by atoms with Crippen molar-refractivity contribution in [3.8, 4) is 0 Å². The Morgan fingerprint density at radius 3 is 2.64 bits per heavy atom. The average molecular weight is 527 g/mol. The van der Waals surface area contributed by atoms with Crippen molar-refractivity contribution in [3.63, 3.8) is 0 Å². The van der Waals surface area contributed by atoms with Crippen LogP contribution in [0.25, 0.3) is 0 Å². The molecule has 3 aromatic rings. The summed E-state index contributed by atoms with van der Waals surface area (Å²) >= 11 is 7.74. The van der Waals surface area contributed by atoms with Crippen LogP contribution in [0, 0.1) is 5.82 Å². The van der Waals surface area contributed by atoms with Gasteiger partial charge in [-0.1, -0.05) is 29.8 Å². The van der Waals surface area contributed by atoms with E-state index in [2.05, 4.69) is 21.7 Å². The van der Waals surface area contributed by atoms with Crippen molar-refractivity contribution in [1.29, 1.82) is 0 Å². The second kappa shape index (κ2) is 11.0. The van der Waals surface area contributed by atoms with Gasteiger partial charge in [0.15, 0.2) is 0 Å². The van der Waals surface area contributed by atoms with Gasteiger partial charge in [0.1, 0.15) is 5.82 Å². The van der Waals surface area contributed by atoms with Crippen LogP contribution in [0.3, 0.4) is 0 Å². The van der Waals surface area contributed by atoms with Gasteiger partial charge in [0.05, 0.1) is 12.6 Å². The maximum Gasteiger partial charge on any atom is 0.321 e. The summed E-state index contributed by atoms with van der Waals surface area (Å²) < 4.78 is 14.1. The molecule has 1 atom stereocenters. The van der Waals surface area contributed by atoms with Crippen LogP contribution in [0.15, 0.2) is 60.0 Å². The average Bonchev–Trinajstić information content (AvgIpc) is 3.19. The zero-order valence-electron chi connectivity index (χ0n) is 19.8. The zero-order valence-corrected chi connectivity index (χ0v) is 21.4. The van der Waals surface area contributed by atoms with Crippen molar-refractivity contribution in [2.75, 3.05) is 44.6 Å². The number of urea groups is 1. The summed E-state index contributed by atoms with van der Waals surface area (Å²) in [5.41, 5.74) is 2.66. The molecule has 1 aromatic heterocycles. The molecular formula is C27H28ClFN4O2S. The van der Waals surface area contributed by atoms with Gasteiger partial charge in [-0.05, 0) is 65.7 Å². The Morgan fingerprint density at radius 1 is 1.00 bits per heavy atom. The van der Waals surface area contributed by atoms with Gasteiger partial charge in [0.2, 0.25) is 5.91 Å². The van der Waals surface area contributed by atoms with Crippen LogP contribution in [0.1, 0.15) is 28.5 Å². The normalized spacial score (nSPS) is 18.4. The lowest BCUT2D eigenvalue weighted by molar-refractivity contribution is -0.132. The second-order valence-corrected chi connectivity index (χ2v) is 10.6. The Kier molecular flexibility index (Phi) is 7.55. The Morgan fingerprint density at radius 2 is 1.81 bits per heavy atom. The molecule has 1 N–H and O–H groups in total. The molecule has 3 amide bonds. The highest BCUT2D eigenvalue weighted by Gasteiger charge is 2.32. The SMILES string of the molecule is O=C(CN1CCc2sccc2[C@@H]1c1cccc(F)c1)N1CCCN(C(=O)Nc2cccc(Cl)c2)CC1. The van der Waals surface area contributed by atoms with Gasteiger partial charge in [-0.2, -0.15) is 0 Å². The molecule has 0 radical (unpaired) electrons. The van der Waals surface area contributed by atoms with E-state index in [1.54, 1.807) is 52.6 Å². The fourth-order valence-corrected chi connectivity index (χ4v) is 6.11. The van der Waals surface area contributed by atoms with Gasteiger partial charge < -0.3 is 15.1 Å². The molecular weight excluding hydrogens is 499 g/mol. The van der Waals surface area contributed by atoms with Crippen LogP contribution < -0.4 is 5.32 Å². The summed E-state index contributed by atoms with van der Waals surface area (Å²) in [6.07, 6.45) is 1.58. The summed E-state index contributed by atoms with van der Waals surface area (Å²) in [5, 5.41) is 5.52. The minimum atomic E-state index is -0.273. The molecule has 2 aromatic carbocycles. The smallest absolute Gasteiger partial charge is 0.321 e. The molecule has 0 spiro atoms. The Bertz CT molecular complexity index is 1250. The Balaban J connectivity index is 1.24. The standard InChI is InChI=1S/C27H28ClFN4O2S/c28-20-5-2-7-22(17-20)30-27(35)32-11-3-10-31(13-14-32)25(34)18-33-12-8-24-23(9-15-36-24)26(33)19-4-1-6-21(29)16-19/h1-2,4-7,9,15-17,26H,3,8,10-14,18H2,(H,30,35)/t26-/m0/s1. The summed E-state index contributed by atoms with van der Waals surface area (Å²) in [6.45, 7) is 3.10. The van der Waals surface area contributed by atoms with E-state index in [9.17, 15) is 14.0 Å². The molecule has 0 unspecified atom stereocenters. The van der Waals surface area contributed by atoms with E-state index in [4.69, 9.17) is 11.6 Å². The number of halogens is 2. The van der Waals surface area contributed by atoms with Gasteiger partial charge in [0.25, 0.3) is 0 Å². The number of thiophene rings is 1. The van der Waals surface area contributed by atoms with E-state index in [1.807, 2.05) is 11.0 Å². The van der Waals surface area contributed by atoms with Crippen LogP contribution in [0.5, 0.6) is 0 Å². The highest BCUT2D eigenvalue weighted by atomic mass is 35.5. The fraction of sp³-hybridized carbons (Fsp3) is 0.333. The molecule has 36 heavy (non-hydrogen) atoms. The Hall–Kier alpha value is -2.94. The number of anilines is 1. The third-order valence-electron chi connectivity index (χ3n) is 6.78. The number of amides is 3. The van der Waals surface area contributed by atoms with Crippen molar-refractivity contribution in [2.24, 2.45) is 0 Å². The van der Waals surface area contributed by atoms with Gasteiger partial charge in [-0.3, -0.25) is 9.69 Å². The Labute approximate surface area is 219 Å². The quantitative estimate of drug-likeness (QED) is 0.505.